The number of imidazole rings is 1. The lowest BCUT2D eigenvalue weighted by Gasteiger charge is -1.99. The molecule has 1 N–H and O–H groups in total. The zero-order chi connectivity index (χ0) is 9.71. The van der Waals surface area contributed by atoms with Crippen LogP contribution in [-0.2, 0) is 6.54 Å². The second kappa shape index (κ2) is 2.64. The number of fused-ring (bicyclic) bond motifs is 3. The molecule has 2 aromatic rings. The first-order valence-corrected chi connectivity index (χ1v) is 5.04. The third-order valence-electron chi connectivity index (χ3n) is 2.63. The Balaban J connectivity index is 2.43. The van der Waals surface area contributed by atoms with Crippen molar-refractivity contribution >= 4 is 28.6 Å². The van der Waals surface area contributed by atoms with E-state index >= 15 is 0 Å². The largest absolute Gasteiger partial charge is 0.354 e. The molecule has 3 rings (SSSR count). The van der Waals surface area contributed by atoms with E-state index in [1.165, 1.54) is 0 Å². The standard InChI is InChI=1S/C10H10ClN3/c1-6-4-7(11)5-8-9(6)13-10-12-2-3-14(8)10/h4-5H,2-3H2,1H3,(H,12,13). The van der Waals surface area contributed by atoms with Crippen molar-refractivity contribution in [1.82, 2.24) is 9.55 Å². The minimum absolute atomic E-state index is 0.782. The summed E-state index contributed by atoms with van der Waals surface area (Å²) in [5, 5.41) is 4.03. The molecule has 0 unspecified atom stereocenters. The summed E-state index contributed by atoms with van der Waals surface area (Å²) in [6.45, 7) is 3.98. The van der Waals surface area contributed by atoms with Crippen LogP contribution < -0.4 is 5.32 Å². The molecule has 0 bridgehead atoms. The normalized spacial score (nSPS) is 14.4. The summed E-state index contributed by atoms with van der Waals surface area (Å²) in [5.41, 5.74) is 3.32. The van der Waals surface area contributed by atoms with Crippen molar-refractivity contribution in [3.63, 3.8) is 0 Å². The molecule has 1 aromatic carbocycles. The van der Waals surface area contributed by atoms with Crippen molar-refractivity contribution < 1.29 is 0 Å². The van der Waals surface area contributed by atoms with Crippen LogP contribution in [0.2, 0.25) is 5.02 Å². The molecule has 1 aliphatic rings. The zero-order valence-corrected chi connectivity index (χ0v) is 8.60. The molecule has 1 aliphatic heterocycles. The summed E-state index contributed by atoms with van der Waals surface area (Å²) in [5.74, 6) is 0.963. The number of hydrogen-bond donors (Lipinski definition) is 1. The highest BCUT2D eigenvalue weighted by Crippen LogP contribution is 2.28. The van der Waals surface area contributed by atoms with Gasteiger partial charge in [-0.15, -0.1) is 0 Å². The Hall–Kier alpha value is -1.22. The van der Waals surface area contributed by atoms with Crippen molar-refractivity contribution in [3.05, 3.63) is 22.7 Å². The van der Waals surface area contributed by atoms with Gasteiger partial charge in [0, 0.05) is 18.1 Å². The first kappa shape index (κ1) is 8.12. The van der Waals surface area contributed by atoms with Crippen LogP contribution >= 0.6 is 11.6 Å². The Morgan fingerprint density at radius 2 is 2.36 bits per heavy atom. The van der Waals surface area contributed by atoms with Gasteiger partial charge in [0.05, 0.1) is 11.0 Å². The monoisotopic (exact) mass is 207 g/mol. The van der Waals surface area contributed by atoms with E-state index in [2.05, 4.69) is 14.9 Å². The van der Waals surface area contributed by atoms with Crippen LogP contribution in [0.3, 0.4) is 0 Å². The van der Waals surface area contributed by atoms with Gasteiger partial charge in [-0.1, -0.05) is 11.6 Å². The number of hydrogen-bond acceptors (Lipinski definition) is 2. The van der Waals surface area contributed by atoms with E-state index in [9.17, 15) is 0 Å². The highest BCUT2D eigenvalue weighted by atomic mass is 35.5. The Kier molecular flexibility index (Phi) is 1.53. The molecule has 3 nitrogen and oxygen atoms in total. The topological polar surface area (TPSA) is 29.9 Å². The summed E-state index contributed by atoms with van der Waals surface area (Å²) >= 11 is 6.02. The Bertz CT molecular complexity index is 516. The molecular formula is C10H10ClN3. The fraction of sp³-hybridized carbons (Fsp3) is 0.300. The van der Waals surface area contributed by atoms with Crippen molar-refractivity contribution in [2.75, 3.05) is 11.9 Å². The summed E-state index contributed by atoms with van der Waals surface area (Å²) in [6, 6.07) is 3.93. The van der Waals surface area contributed by atoms with Gasteiger partial charge >= 0.3 is 0 Å². The molecule has 0 aliphatic carbocycles. The fourth-order valence-electron chi connectivity index (χ4n) is 1.99. The third kappa shape index (κ3) is 0.960. The Labute approximate surface area is 86.7 Å². The maximum absolute atomic E-state index is 6.02. The van der Waals surface area contributed by atoms with Gasteiger partial charge in [0.2, 0.25) is 5.95 Å². The van der Waals surface area contributed by atoms with Gasteiger partial charge < -0.3 is 9.88 Å². The fourth-order valence-corrected chi connectivity index (χ4v) is 2.26. The Morgan fingerprint density at radius 1 is 1.50 bits per heavy atom. The van der Waals surface area contributed by atoms with E-state index in [4.69, 9.17) is 11.6 Å². The summed E-state index contributed by atoms with van der Waals surface area (Å²) in [4.78, 5) is 4.53. The predicted octanol–water partition coefficient (Wildman–Crippen LogP) is 2.42. The maximum Gasteiger partial charge on any atom is 0.204 e. The number of aryl methyl sites for hydroxylation is 1. The zero-order valence-electron chi connectivity index (χ0n) is 7.84. The Morgan fingerprint density at radius 3 is 3.21 bits per heavy atom. The lowest BCUT2D eigenvalue weighted by atomic mass is 10.2. The molecule has 0 amide bonds. The minimum Gasteiger partial charge on any atom is -0.354 e. The van der Waals surface area contributed by atoms with Gasteiger partial charge in [0.25, 0.3) is 0 Å². The quantitative estimate of drug-likeness (QED) is 0.719. The lowest BCUT2D eigenvalue weighted by molar-refractivity contribution is 0.837. The SMILES string of the molecule is Cc1cc(Cl)cc2c1nc1n2CCN1. The number of halogens is 1. The van der Waals surface area contributed by atoms with Gasteiger partial charge in [0.1, 0.15) is 0 Å². The van der Waals surface area contributed by atoms with Crippen LogP contribution in [0.1, 0.15) is 5.56 Å². The number of aromatic nitrogens is 2. The van der Waals surface area contributed by atoms with Crippen LogP contribution in [0.4, 0.5) is 5.95 Å². The summed E-state index contributed by atoms with van der Waals surface area (Å²) in [7, 11) is 0. The molecule has 14 heavy (non-hydrogen) atoms. The summed E-state index contributed by atoms with van der Waals surface area (Å²) < 4.78 is 2.17. The number of benzene rings is 1. The van der Waals surface area contributed by atoms with Crippen molar-refractivity contribution in [3.8, 4) is 0 Å². The van der Waals surface area contributed by atoms with Crippen LogP contribution in [0.15, 0.2) is 12.1 Å². The van der Waals surface area contributed by atoms with E-state index in [-0.39, 0.29) is 0 Å². The molecule has 4 heteroatoms. The van der Waals surface area contributed by atoms with E-state index in [1.807, 2.05) is 19.1 Å². The maximum atomic E-state index is 6.02. The molecular weight excluding hydrogens is 198 g/mol. The molecule has 2 heterocycles. The average molecular weight is 208 g/mol. The number of nitrogens with zero attached hydrogens (tertiary/aromatic N) is 2. The highest BCUT2D eigenvalue weighted by molar-refractivity contribution is 6.31. The van der Waals surface area contributed by atoms with Crippen molar-refractivity contribution in [2.24, 2.45) is 0 Å². The third-order valence-corrected chi connectivity index (χ3v) is 2.85. The molecule has 0 atom stereocenters. The highest BCUT2D eigenvalue weighted by Gasteiger charge is 2.16. The number of anilines is 1. The van der Waals surface area contributed by atoms with Crippen LogP contribution in [0.5, 0.6) is 0 Å². The van der Waals surface area contributed by atoms with Crippen LogP contribution in [0, 0.1) is 6.92 Å². The molecule has 1 aromatic heterocycles. The van der Waals surface area contributed by atoms with Gasteiger partial charge in [-0.2, -0.15) is 0 Å². The van der Waals surface area contributed by atoms with E-state index in [1.54, 1.807) is 0 Å². The van der Waals surface area contributed by atoms with Gasteiger partial charge in [-0.05, 0) is 24.6 Å². The van der Waals surface area contributed by atoms with Crippen LogP contribution in [-0.4, -0.2) is 16.1 Å². The van der Waals surface area contributed by atoms with Crippen LogP contribution in [0.25, 0.3) is 11.0 Å². The second-order valence-corrected chi connectivity index (χ2v) is 4.04. The van der Waals surface area contributed by atoms with Crippen molar-refractivity contribution in [2.45, 2.75) is 13.5 Å². The number of nitrogens with one attached hydrogen (secondary N) is 1. The second-order valence-electron chi connectivity index (χ2n) is 3.60. The first-order valence-electron chi connectivity index (χ1n) is 4.66. The molecule has 0 fully saturated rings. The molecule has 0 radical (unpaired) electrons. The van der Waals surface area contributed by atoms with Gasteiger partial charge in [-0.25, -0.2) is 4.98 Å². The number of rotatable bonds is 0. The van der Waals surface area contributed by atoms with E-state index < -0.39 is 0 Å². The minimum atomic E-state index is 0.782. The molecule has 0 saturated carbocycles. The van der Waals surface area contributed by atoms with E-state index in [0.29, 0.717) is 0 Å². The smallest absolute Gasteiger partial charge is 0.204 e. The van der Waals surface area contributed by atoms with Gasteiger partial charge in [0.15, 0.2) is 0 Å². The molecule has 0 saturated heterocycles. The van der Waals surface area contributed by atoms with E-state index in [0.717, 1.165) is 40.7 Å². The summed E-state index contributed by atoms with van der Waals surface area (Å²) in [6.07, 6.45) is 0. The molecule has 0 spiro atoms. The predicted molar refractivity (Wildman–Crippen MR) is 58.0 cm³/mol. The van der Waals surface area contributed by atoms with Crippen molar-refractivity contribution in [1.29, 1.82) is 0 Å². The molecule has 72 valence electrons. The van der Waals surface area contributed by atoms with Gasteiger partial charge in [-0.3, -0.25) is 0 Å². The average Bonchev–Trinajstić information content (AvgIpc) is 2.65. The first-order chi connectivity index (χ1) is 6.75. The lowest BCUT2D eigenvalue weighted by Crippen LogP contribution is -1.95.